The first kappa shape index (κ1) is 80.3. The fourth-order valence-electron chi connectivity index (χ4n) is 10.7. The molecule has 0 saturated carbocycles. The number of nitrogens with zero attached hydrogens (tertiary/aromatic N) is 2. The van der Waals surface area contributed by atoms with Crippen molar-refractivity contribution in [2.45, 2.75) is 145 Å². The van der Waals surface area contributed by atoms with Crippen LogP contribution < -0.4 is 44.4 Å². The summed E-state index contributed by atoms with van der Waals surface area (Å²) >= 11 is 11.0. The molecule has 1 heterocycles. The number of hydrogen-bond acceptors (Lipinski definition) is 15. The fraction of sp³-hybridized carbons (Fsp3) is 0.309. The second kappa shape index (κ2) is 36.8. The number of nitrogens with one attached hydrogen (secondary N) is 4. The number of ketones is 2. The van der Waals surface area contributed by atoms with Crippen molar-refractivity contribution in [1.82, 2.24) is 9.80 Å². The van der Waals surface area contributed by atoms with Crippen molar-refractivity contribution in [3.8, 4) is 28.7 Å². The molecule has 1 aliphatic rings. The number of carbonyl (C=O) groups is 8. The van der Waals surface area contributed by atoms with Crippen LogP contribution in [0.25, 0.3) is 0 Å². The van der Waals surface area contributed by atoms with Gasteiger partial charge in [0, 0.05) is 35.2 Å². The van der Waals surface area contributed by atoms with E-state index in [2.05, 4.69) is 21.3 Å². The van der Waals surface area contributed by atoms with Crippen LogP contribution in [0.15, 0.2) is 187 Å². The molecule has 1 saturated heterocycles. The fourth-order valence-corrected chi connectivity index (χ4v) is 11.8. The molecule has 5 unspecified atom stereocenters. The predicted octanol–water partition coefficient (Wildman–Crippen LogP) is 15.9. The summed E-state index contributed by atoms with van der Waals surface area (Å²) in [7, 11) is 0. The maximum atomic E-state index is 14.0. The largest absolute Gasteiger partial charge is 0.493 e. The van der Waals surface area contributed by atoms with Gasteiger partial charge in [0.1, 0.15) is 35.4 Å². The molecule has 105 heavy (non-hydrogen) atoms. The Morgan fingerprint density at radius 1 is 0.552 bits per heavy atom. The molecule has 5 atom stereocenters. The lowest BCUT2D eigenvalue weighted by molar-refractivity contribution is -0.149. The quantitative estimate of drug-likeness (QED) is 0.0185. The number of hydrogen-bond donors (Lipinski definition) is 4. The number of aryl methyl sites for hydroxylation is 4. The molecule has 1 aliphatic heterocycles. The smallest absolute Gasteiger partial charge is 0.330 e. The Bertz CT molecular complexity index is 4440. The normalized spacial score (nSPS) is 13.9. The Kier molecular flexibility index (Phi) is 28.2. The lowest BCUT2D eigenvalue weighted by atomic mass is 9.85. The van der Waals surface area contributed by atoms with Gasteiger partial charge in [0.15, 0.2) is 23.7 Å². The minimum absolute atomic E-state index is 0.0180. The summed E-state index contributed by atoms with van der Waals surface area (Å²) in [4.78, 5) is 111. The molecule has 552 valence electrons. The predicted molar refractivity (Wildman–Crippen MR) is 406 cm³/mol. The second-order valence-electron chi connectivity index (χ2n) is 27.0. The first-order chi connectivity index (χ1) is 49.9. The second-order valence-corrected chi connectivity index (χ2v) is 28.9. The number of rotatable bonds is 30. The number of carbonyl (C=O) groups excluding carboxylic acids is 8. The minimum atomic E-state index is -1.87. The van der Waals surface area contributed by atoms with Gasteiger partial charge in [-0.2, -0.15) is 0 Å². The Morgan fingerprint density at radius 2 is 1.09 bits per heavy atom. The van der Waals surface area contributed by atoms with E-state index in [1.807, 2.05) is 107 Å². The van der Waals surface area contributed by atoms with Gasteiger partial charge in [-0.25, -0.2) is 13.9 Å². The van der Waals surface area contributed by atoms with Gasteiger partial charge in [-0.15, -0.1) is 0 Å². The van der Waals surface area contributed by atoms with E-state index in [0.717, 1.165) is 39.1 Å². The van der Waals surface area contributed by atoms with Gasteiger partial charge >= 0.3 is 6.03 Å². The summed E-state index contributed by atoms with van der Waals surface area (Å²) in [6, 6.07) is 49.7. The number of benzene rings is 8. The molecule has 0 aliphatic carbocycles. The van der Waals surface area contributed by atoms with Crippen LogP contribution in [-0.4, -0.2) is 98.8 Å². The molecule has 0 aromatic heterocycles. The van der Waals surface area contributed by atoms with Crippen LogP contribution in [0, 0.1) is 38.5 Å². The molecule has 8 aromatic carbocycles. The Labute approximate surface area is 625 Å². The van der Waals surface area contributed by atoms with Crippen LogP contribution in [0.2, 0.25) is 10.0 Å². The summed E-state index contributed by atoms with van der Waals surface area (Å²) < 4.78 is 47.9. The van der Waals surface area contributed by atoms with Gasteiger partial charge in [-0.05, 0) is 167 Å². The van der Waals surface area contributed by atoms with Crippen LogP contribution in [0.4, 0.5) is 27.5 Å². The maximum Gasteiger partial charge on any atom is 0.330 e. The Morgan fingerprint density at radius 3 is 1.64 bits per heavy atom. The molecule has 0 bridgehead atoms. The third kappa shape index (κ3) is 22.6. The van der Waals surface area contributed by atoms with E-state index in [1.54, 1.807) is 109 Å². The topological polar surface area (TPSA) is 264 Å². The SMILES string of the molecule is CCOC1C(=O)N(C(C(=O)Nc2cc(NC(=O)C(CC)Oc3ccc(C)cc3C)ccc2Cl)C(=O)C(C)(C)C)C(=O)N1Cc1ccccc1.Cc1ccc(OCCCC(=O)Nc2ccc(Cl)c(NC(=O)C(Oc3ccc(S(=O)Oc4ccc(OCc5ccccc5)cc4)cc3)C(=O)C(C)(C)C)c2)c(C)c1. The van der Waals surface area contributed by atoms with Gasteiger partial charge in [0.2, 0.25) is 29.3 Å². The highest BCUT2D eigenvalue weighted by Gasteiger charge is 2.54. The van der Waals surface area contributed by atoms with Crippen molar-refractivity contribution >= 4 is 104 Å². The van der Waals surface area contributed by atoms with Gasteiger partial charge in [-0.1, -0.05) is 168 Å². The van der Waals surface area contributed by atoms with Crippen molar-refractivity contribution in [3.05, 3.63) is 225 Å². The van der Waals surface area contributed by atoms with E-state index in [0.29, 0.717) is 64.5 Å². The van der Waals surface area contributed by atoms with Crippen LogP contribution in [0.3, 0.4) is 0 Å². The van der Waals surface area contributed by atoms with E-state index >= 15 is 0 Å². The number of Topliss-reactive ketones (excluding diaryl/α,β-unsaturated/α-hetero) is 2. The number of amides is 7. The molecule has 8 aromatic rings. The van der Waals surface area contributed by atoms with Crippen molar-refractivity contribution < 1.29 is 70.4 Å². The van der Waals surface area contributed by atoms with Crippen molar-refractivity contribution in [2.75, 3.05) is 34.5 Å². The molecule has 0 spiro atoms. The summed E-state index contributed by atoms with van der Waals surface area (Å²) in [6.45, 7) is 22.1. The zero-order valence-electron chi connectivity index (χ0n) is 60.8. The monoisotopic (exact) mass is 1490 g/mol. The molecule has 4 N–H and O–H groups in total. The van der Waals surface area contributed by atoms with Crippen LogP contribution in [0.5, 0.6) is 28.7 Å². The van der Waals surface area contributed by atoms with Gasteiger partial charge < -0.3 is 49.1 Å². The zero-order valence-corrected chi connectivity index (χ0v) is 63.1. The lowest BCUT2D eigenvalue weighted by Crippen LogP contribution is -2.55. The average molecular weight is 1490 g/mol. The van der Waals surface area contributed by atoms with E-state index in [-0.39, 0.29) is 52.6 Å². The molecular weight excluding hydrogens is 1400 g/mol. The average Bonchev–Trinajstić information content (AvgIpc) is 1.61. The molecule has 1 fully saturated rings. The summed E-state index contributed by atoms with van der Waals surface area (Å²) in [5, 5.41) is 11.2. The summed E-state index contributed by atoms with van der Waals surface area (Å²) in [6.07, 6.45) is -2.62. The molecule has 21 nitrogen and oxygen atoms in total. The van der Waals surface area contributed by atoms with E-state index < -0.39 is 87.6 Å². The highest BCUT2D eigenvalue weighted by Crippen LogP contribution is 2.34. The summed E-state index contributed by atoms with van der Waals surface area (Å²) in [5.74, 6) is -1.77. The van der Waals surface area contributed by atoms with Crippen molar-refractivity contribution in [1.29, 1.82) is 0 Å². The molecule has 0 radical (unpaired) electrons. The number of imide groups is 1. The summed E-state index contributed by atoms with van der Waals surface area (Å²) in [5.41, 5.74) is 4.79. The van der Waals surface area contributed by atoms with E-state index in [1.165, 1.54) is 53.4 Å². The van der Waals surface area contributed by atoms with Crippen LogP contribution in [0.1, 0.15) is 108 Å². The van der Waals surface area contributed by atoms with Crippen molar-refractivity contribution in [3.63, 3.8) is 0 Å². The third-order valence-electron chi connectivity index (χ3n) is 16.3. The number of halogens is 2. The number of ether oxygens (including phenoxy) is 5. The molecule has 7 amide bonds. The zero-order chi connectivity index (χ0) is 76.3. The van der Waals surface area contributed by atoms with Gasteiger partial charge in [0.05, 0.1) is 39.5 Å². The van der Waals surface area contributed by atoms with E-state index in [9.17, 15) is 42.6 Å². The van der Waals surface area contributed by atoms with Crippen LogP contribution in [-0.2, 0) is 62.5 Å². The lowest BCUT2D eigenvalue weighted by Gasteiger charge is -2.29. The first-order valence-electron chi connectivity index (χ1n) is 34.2. The minimum Gasteiger partial charge on any atom is -0.493 e. The standard InChI is InChI=1S/C44H45ClN2O8S.C37H43ClN4O7/c1-29-13-24-39(30(2)26-29)52-25-9-12-40(48)46-32-14-23-37(45)38(27-32)47-43(50)41(42(49)44(3,4)5)54-34-19-21-36(22-20-34)56(51)55-35-17-15-33(16-18-35)53-28-31-10-7-6-8-11-31;1-8-28(49-29-18-15-22(3)19-23(29)4)32(44)39-25-16-17-26(38)27(20-25)40-33(45)30(31(43)37(5,6)7)42-34(46)35(48-9-2)41(36(42)47)21-24-13-11-10-12-14-24/h6-8,10-11,13-24,26-27,41H,9,12,25,28H2,1-5H3,(H,46,48)(H,47,50);10-20,28,30,35H,8-9,21H2,1-7H3,(H,39,44)(H,40,45). The Hall–Kier alpha value is -10.4. The van der Waals surface area contributed by atoms with Crippen LogP contribution >= 0.6 is 23.2 Å². The number of anilines is 4. The van der Waals surface area contributed by atoms with Gasteiger partial charge in [0.25, 0.3) is 23.6 Å². The maximum absolute atomic E-state index is 14.0. The number of urea groups is 1. The van der Waals surface area contributed by atoms with E-state index in [4.69, 9.17) is 51.1 Å². The highest BCUT2D eigenvalue weighted by atomic mass is 35.5. The molecular formula is C81H88Cl2N6O15S. The first-order valence-corrected chi connectivity index (χ1v) is 36.0. The third-order valence-corrected chi connectivity index (χ3v) is 18.0. The van der Waals surface area contributed by atoms with Crippen molar-refractivity contribution in [2.24, 2.45) is 10.8 Å². The molecule has 24 heteroatoms. The Balaban J connectivity index is 0.000000268. The van der Waals surface area contributed by atoms with Gasteiger partial charge in [-0.3, -0.25) is 38.5 Å². The molecule has 9 rings (SSSR count). The highest BCUT2D eigenvalue weighted by molar-refractivity contribution is 7.80.